The summed E-state index contributed by atoms with van der Waals surface area (Å²) in [6.07, 6.45) is -8.35. The van der Waals surface area contributed by atoms with Crippen LogP contribution in [0, 0.1) is 0 Å². The number of hydrogen-bond acceptors (Lipinski definition) is 5. The van der Waals surface area contributed by atoms with Gasteiger partial charge in [0.25, 0.3) is 0 Å². The minimum atomic E-state index is -4.65. The predicted molar refractivity (Wildman–Crippen MR) is 135 cm³/mol. The first kappa shape index (κ1) is 28.3. The first-order valence-electron chi connectivity index (χ1n) is 12.6. The van der Waals surface area contributed by atoms with Crippen molar-refractivity contribution in [1.82, 2.24) is 9.80 Å². The molecule has 8 nitrogen and oxygen atoms in total. The van der Waals surface area contributed by atoms with Crippen LogP contribution >= 0.6 is 0 Å². The van der Waals surface area contributed by atoms with Gasteiger partial charge in [0.05, 0.1) is 13.0 Å². The lowest BCUT2D eigenvalue weighted by Crippen LogP contribution is -2.60. The quantitative estimate of drug-likeness (QED) is 0.501. The summed E-state index contributed by atoms with van der Waals surface area (Å²) in [6, 6.07) is 15.1. The number of carboxylic acids is 1. The van der Waals surface area contributed by atoms with Crippen molar-refractivity contribution in [2.24, 2.45) is 0 Å². The fourth-order valence-electron chi connectivity index (χ4n) is 5.18. The van der Waals surface area contributed by atoms with Gasteiger partial charge in [0.15, 0.2) is 5.54 Å². The molecule has 39 heavy (non-hydrogen) atoms. The molecule has 2 aromatic rings. The maximum Gasteiger partial charge on any atom is 0.410 e. The van der Waals surface area contributed by atoms with Gasteiger partial charge in [0.1, 0.15) is 12.2 Å². The molecule has 1 aliphatic heterocycles. The van der Waals surface area contributed by atoms with Crippen molar-refractivity contribution in [2.75, 3.05) is 26.2 Å². The third-order valence-electron chi connectivity index (χ3n) is 6.99. The van der Waals surface area contributed by atoms with E-state index in [0.717, 1.165) is 27.2 Å². The molecule has 1 saturated heterocycles. The van der Waals surface area contributed by atoms with Crippen LogP contribution < -0.4 is 0 Å². The number of alkyl halides is 3. The van der Waals surface area contributed by atoms with Crippen molar-refractivity contribution < 1.29 is 42.1 Å². The summed E-state index contributed by atoms with van der Waals surface area (Å²) in [6.45, 7) is 3.14. The number of fused-ring (bicyclic) bond motifs is 3. The fourth-order valence-corrected chi connectivity index (χ4v) is 5.18. The summed E-state index contributed by atoms with van der Waals surface area (Å²) >= 11 is 0. The van der Waals surface area contributed by atoms with Crippen molar-refractivity contribution >= 4 is 18.2 Å². The highest BCUT2D eigenvalue weighted by Crippen LogP contribution is 2.44. The first-order chi connectivity index (χ1) is 18.2. The minimum Gasteiger partial charge on any atom is -0.479 e. The number of nitrogens with zero attached hydrogens (tertiary/aromatic N) is 2. The van der Waals surface area contributed by atoms with Gasteiger partial charge >= 0.3 is 24.3 Å². The van der Waals surface area contributed by atoms with Crippen molar-refractivity contribution in [1.29, 1.82) is 0 Å². The molecular formula is C28H31F3N2O6. The molecule has 2 aromatic carbocycles. The topological polar surface area (TPSA) is 96.4 Å². The van der Waals surface area contributed by atoms with E-state index in [2.05, 4.69) is 0 Å². The molecule has 0 spiro atoms. The predicted octanol–water partition coefficient (Wildman–Crippen LogP) is 5.65. The highest BCUT2D eigenvalue weighted by molar-refractivity contribution is 5.86. The van der Waals surface area contributed by atoms with Gasteiger partial charge in [-0.15, -0.1) is 0 Å². The Labute approximate surface area is 224 Å². The van der Waals surface area contributed by atoms with E-state index in [1.807, 2.05) is 48.5 Å². The van der Waals surface area contributed by atoms with Crippen LogP contribution in [0.1, 0.15) is 50.7 Å². The van der Waals surface area contributed by atoms with E-state index in [9.17, 15) is 32.7 Å². The Morgan fingerprint density at radius 1 is 1.03 bits per heavy atom. The number of halogens is 3. The fraction of sp³-hybridized carbons (Fsp3) is 0.464. The molecule has 0 bridgehead atoms. The number of amides is 2. The molecule has 1 atom stereocenters. The van der Waals surface area contributed by atoms with E-state index in [0.29, 0.717) is 4.90 Å². The smallest absolute Gasteiger partial charge is 0.410 e. The highest BCUT2D eigenvalue weighted by Gasteiger charge is 2.54. The number of benzene rings is 2. The van der Waals surface area contributed by atoms with Gasteiger partial charge in [-0.1, -0.05) is 48.5 Å². The summed E-state index contributed by atoms with van der Waals surface area (Å²) in [5, 5.41) is 10.2. The van der Waals surface area contributed by atoms with Crippen molar-refractivity contribution in [2.45, 2.75) is 56.8 Å². The molecule has 11 heteroatoms. The average Bonchev–Trinajstić information content (AvgIpc) is 3.42. The Balaban J connectivity index is 1.58. The van der Waals surface area contributed by atoms with Crippen molar-refractivity contribution in [3.05, 3.63) is 59.7 Å². The summed E-state index contributed by atoms with van der Waals surface area (Å²) in [5.74, 6) is -1.89. The van der Waals surface area contributed by atoms with Crippen molar-refractivity contribution in [3.8, 4) is 11.1 Å². The standard InChI is InChI=1S/C28H31F3N2O6/c1-26(2,3)39-24(36)32-14-12-27(17-32,23(34)35)33(15-13-28(29,30)31)25(37)38-16-22-20-10-6-4-8-18(20)19-9-5-7-11-21(19)22/h4-11,22H,12-17H2,1-3H3,(H,34,35). The molecule has 1 unspecified atom stereocenters. The number of aliphatic carboxylic acids is 1. The zero-order valence-electron chi connectivity index (χ0n) is 22.0. The van der Waals surface area contributed by atoms with Gasteiger partial charge in [-0.2, -0.15) is 13.2 Å². The average molecular weight is 549 g/mol. The Kier molecular flexibility index (Phi) is 7.55. The third kappa shape index (κ3) is 5.97. The van der Waals surface area contributed by atoms with E-state index in [-0.39, 0.29) is 25.5 Å². The lowest BCUT2D eigenvalue weighted by Gasteiger charge is -2.37. The highest BCUT2D eigenvalue weighted by atomic mass is 19.4. The third-order valence-corrected chi connectivity index (χ3v) is 6.99. The van der Waals surface area contributed by atoms with Crippen LogP contribution in [0.2, 0.25) is 0 Å². The number of rotatable bonds is 6. The molecule has 1 heterocycles. The van der Waals surface area contributed by atoms with Gasteiger partial charge in [-0.3, -0.25) is 4.90 Å². The van der Waals surface area contributed by atoms with Crippen LogP contribution in [0.3, 0.4) is 0 Å². The molecule has 2 aliphatic rings. The summed E-state index contributed by atoms with van der Waals surface area (Å²) < 4.78 is 50.6. The molecular weight excluding hydrogens is 517 g/mol. The monoisotopic (exact) mass is 548 g/mol. The molecule has 1 fully saturated rings. The summed E-state index contributed by atoms with van der Waals surface area (Å²) in [4.78, 5) is 40.2. The minimum absolute atomic E-state index is 0.111. The maximum atomic E-state index is 13.4. The second-order valence-corrected chi connectivity index (χ2v) is 10.8. The number of ether oxygens (including phenoxy) is 2. The first-order valence-corrected chi connectivity index (χ1v) is 12.6. The normalized spacial score (nSPS) is 18.9. The molecule has 2 amide bonds. The number of carbonyl (C=O) groups is 3. The van der Waals surface area contributed by atoms with Crippen LogP contribution in [0.25, 0.3) is 11.1 Å². The number of carboxylic acid groups (broad SMARTS) is 1. The number of hydrogen-bond donors (Lipinski definition) is 1. The Bertz CT molecular complexity index is 1210. The van der Waals surface area contributed by atoms with Gasteiger partial charge in [-0.05, 0) is 43.0 Å². The van der Waals surface area contributed by atoms with E-state index >= 15 is 0 Å². The van der Waals surface area contributed by atoms with E-state index < -0.39 is 55.0 Å². The molecule has 0 saturated carbocycles. The Morgan fingerprint density at radius 2 is 1.59 bits per heavy atom. The van der Waals surface area contributed by atoms with E-state index in [1.54, 1.807) is 20.8 Å². The van der Waals surface area contributed by atoms with Crippen LogP contribution in [-0.2, 0) is 14.3 Å². The molecule has 0 aromatic heterocycles. The van der Waals surface area contributed by atoms with Crippen LogP contribution in [-0.4, -0.2) is 76.6 Å². The second-order valence-electron chi connectivity index (χ2n) is 10.8. The molecule has 0 radical (unpaired) electrons. The lowest BCUT2D eigenvalue weighted by atomic mass is 9.96. The maximum absolute atomic E-state index is 13.4. The Morgan fingerprint density at radius 3 is 2.10 bits per heavy atom. The lowest BCUT2D eigenvalue weighted by molar-refractivity contribution is -0.156. The second kappa shape index (κ2) is 10.4. The zero-order valence-corrected chi connectivity index (χ0v) is 22.0. The molecule has 1 aliphatic carbocycles. The molecule has 1 N–H and O–H groups in total. The van der Waals surface area contributed by atoms with Gasteiger partial charge in [0, 0.05) is 25.4 Å². The van der Waals surface area contributed by atoms with Gasteiger partial charge < -0.3 is 19.5 Å². The van der Waals surface area contributed by atoms with Crippen molar-refractivity contribution in [3.63, 3.8) is 0 Å². The molecule has 4 rings (SSSR count). The van der Waals surface area contributed by atoms with Crippen LogP contribution in [0.15, 0.2) is 48.5 Å². The summed E-state index contributed by atoms with van der Waals surface area (Å²) in [5.41, 5.74) is 0.762. The van der Waals surface area contributed by atoms with Crippen LogP contribution in [0.4, 0.5) is 22.8 Å². The zero-order chi connectivity index (χ0) is 28.6. The Hall–Kier alpha value is -3.76. The number of carbonyl (C=O) groups excluding carboxylic acids is 2. The van der Waals surface area contributed by atoms with Crippen LogP contribution in [0.5, 0.6) is 0 Å². The van der Waals surface area contributed by atoms with Gasteiger partial charge in [0.2, 0.25) is 0 Å². The number of likely N-dealkylation sites (tertiary alicyclic amines) is 1. The van der Waals surface area contributed by atoms with E-state index in [4.69, 9.17) is 9.47 Å². The molecule has 210 valence electrons. The van der Waals surface area contributed by atoms with E-state index in [1.165, 1.54) is 0 Å². The SMILES string of the molecule is CC(C)(C)OC(=O)N1CCC(C(=O)O)(N(CCC(F)(F)F)C(=O)OCC2c3ccccc3-c3ccccc32)C1. The van der Waals surface area contributed by atoms with Gasteiger partial charge in [-0.25, -0.2) is 14.4 Å². The summed E-state index contributed by atoms with van der Waals surface area (Å²) in [7, 11) is 0. The largest absolute Gasteiger partial charge is 0.479 e.